The van der Waals surface area contributed by atoms with Crippen LogP contribution in [-0.4, -0.2) is 53.8 Å². The van der Waals surface area contributed by atoms with Crippen molar-refractivity contribution in [2.75, 3.05) is 26.2 Å². The fraction of sp³-hybridized carbons (Fsp3) is 0.381. The van der Waals surface area contributed by atoms with Crippen LogP contribution in [0.5, 0.6) is 0 Å². The second-order valence-corrected chi connectivity index (χ2v) is 7.99. The first-order valence-corrected chi connectivity index (χ1v) is 9.93. The number of hydrogen-bond donors (Lipinski definition) is 2. The molecule has 2 aliphatic rings. The van der Waals surface area contributed by atoms with E-state index in [1.807, 2.05) is 19.9 Å². The van der Waals surface area contributed by atoms with Crippen molar-refractivity contribution in [2.24, 2.45) is 5.92 Å². The second-order valence-electron chi connectivity index (χ2n) is 7.56. The molecule has 4 amide bonds. The van der Waals surface area contributed by atoms with Gasteiger partial charge >= 0.3 is 6.03 Å². The van der Waals surface area contributed by atoms with Crippen LogP contribution >= 0.6 is 11.6 Å². The van der Waals surface area contributed by atoms with Crippen LogP contribution in [0.25, 0.3) is 0 Å². The number of amides is 4. The lowest BCUT2D eigenvalue weighted by molar-refractivity contribution is -0.132. The largest absolute Gasteiger partial charge is 0.354 e. The number of carbonyl (C=O) groups excluding carboxylic acids is 3. The molecule has 0 aromatic heterocycles. The van der Waals surface area contributed by atoms with Crippen LogP contribution in [0.3, 0.4) is 0 Å². The molecule has 2 aliphatic heterocycles. The third-order valence-electron chi connectivity index (χ3n) is 4.83. The average Bonchev–Trinajstić information content (AvgIpc) is 2.98. The van der Waals surface area contributed by atoms with Gasteiger partial charge in [-0.3, -0.25) is 14.5 Å². The molecule has 1 aromatic rings. The number of nitrogens with one attached hydrogen (secondary N) is 2. The van der Waals surface area contributed by atoms with Crippen LogP contribution in [0.2, 0.25) is 5.02 Å². The SMILES string of the molecule is C=CCN1C(=O)N[C@@H](c2cccc(Cl)c2)C2=C1CN(CC(=O)NCC(C)C)C2=O. The van der Waals surface area contributed by atoms with Gasteiger partial charge in [0.25, 0.3) is 5.91 Å². The minimum Gasteiger partial charge on any atom is -0.354 e. The second kappa shape index (κ2) is 8.69. The third kappa shape index (κ3) is 4.45. The number of halogens is 1. The molecule has 0 bridgehead atoms. The van der Waals surface area contributed by atoms with Crippen molar-refractivity contribution in [3.8, 4) is 0 Å². The molecule has 0 saturated heterocycles. The molecule has 29 heavy (non-hydrogen) atoms. The maximum Gasteiger partial charge on any atom is 0.322 e. The fourth-order valence-corrected chi connectivity index (χ4v) is 3.68. The van der Waals surface area contributed by atoms with Gasteiger partial charge in [-0.25, -0.2) is 4.79 Å². The Morgan fingerprint density at radius 3 is 2.83 bits per heavy atom. The standard InChI is InChI=1S/C21H25ClN4O3/c1-4-8-26-16-11-25(12-17(27)23-10-13(2)3)20(28)18(16)19(24-21(26)29)14-6-5-7-15(22)9-14/h4-7,9,13,19H,1,8,10-12H2,2-3H3,(H,23,27)(H,24,29)/t19-/m0/s1. The molecule has 2 N–H and O–H groups in total. The Hall–Kier alpha value is -2.80. The summed E-state index contributed by atoms with van der Waals surface area (Å²) in [6, 6.07) is 6.12. The maximum absolute atomic E-state index is 13.2. The summed E-state index contributed by atoms with van der Waals surface area (Å²) in [5.41, 5.74) is 1.78. The first-order chi connectivity index (χ1) is 13.8. The molecule has 7 nitrogen and oxygen atoms in total. The molecule has 0 aliphatic carbocycles. The fourth-order valence-electron chi connectivity index (χ4n) is 3.48. The summed E-state index contributed by atoms with van der Waals surface area (Å²) in [7, 11) is 0. The summed E-state index contributed by atoms with van der Waals surface area (Å²) in [5.74, 6) is -0.170. The highest BCUT2D eigenvalue weighted by Crippen LogP contribution is 2.36. The molecule has 0 fully saturated rings. The van der Waals surface area contributed by atoms with Gasteiger partial charge in [0.05, 0.1) is 23.9 Å². The van der Waals surface area contributed by atoms with Crippen molar-refractivity contribution < 1.29 is 14.4 Å². The van der Waals surface area contributed by atoms with Gasteiger partial charge in [-0.05, 0) is 23.6 Å². The Morgan fingerprint density at radius 2 is 2.17 bits per heavy atom. The van der Waals surface area contributed by atoms with E-state index in [0.717, 1.165) is 5.56 Å². The first kappa shape index (κ1) is 20.9. The number of benzene rings is 1. The van der Waals surface area contributed by atoms with Gasteiger partial charge in [0.1, 0.15) is 6.54 Å². The molecule has 0 unspecified atom stereocenters. The van der Waals surface area contributed by atoms with Crippen LogP contribution in [0.15, 0.2) is 48.2 Å². The van der Waals surface area contributed by atoms with Gasteiger partial charge in [-0.15, -0.1) is 6.58 Å². The Bertz CT molecular complexity index is 880. The van der Waals surface area contributed by atoms with E-state index in [0.29, 0.717) is 28.8 Å². The van der Waals surface area contributed by atoms with Crippen molar-refractivity contribution >= 4 is 29.4 Å². The number of hydrogen-bond acceptors (Lipinski definition) is 3. The summed E-state index contributed by atoms with van der Waals surface area (Å²) in [4.78, 5) is 41.1. The van der Waals surface area contributed by atoms with Crippen LogP contribution in [0.1, 0.15) is 25.5 Å². The predicted octanol–water partition coefficient (Wildman–Crippen LogP) is 2.46. The van der Waals surface area contributed by atoms with Gasteiger partial charge in [0.15, 0.2) is 0 Å². The molecule has 3 rings (SSSR count). The van der Waals surface area contributed by atoms with Crippen molar-refractivity contribution in [3.63, 3.8) is 0 Å². The van der Waals surface area contributed by atoms with Crippen molar-refractivity contribution in [1.29, 1.82) is 0 Å². The molecule has 0 spiro atoms. The van der Waals surface area contributed by atoms with Crippen molar-refractivity contribution in [1.82, 2.24) is 20.4 Å². The highest BCUT2D eigenvalue weighted by Gasteiger charge is 2.44. The average molecular weight is 417 g/mol. The lowest BCUT2D eigenvalue weighted by Crippen LogP contribution is -2.47. The molecule has 2 heterocycles. The molecule has 0 saturated carbocycles. The lowest BCUT2D eigenvalue weighted by Gasteiger charge is -2.33. The normalized spacial score (nSPS) is 18.8. The zero-order valence-electron chi connectivity index (χ0n) is 16.6. The van der Waals surface area contributed by atoms with E-state index < -0.39 is 6.04 Å². The van der Waals surface area contributed by atoms with Crippen molar-refractivity contribution in [3.05, 3.63) is 58.8 Å². The highest BCUT2D eigenvalue weighted by atomic mass is 35.5. The quantitative estimate of drug-likeness (QED) is 0.670. The Labute approximate surface area is 175 Å². The van der Waals surface area contributed by atoms with Crippen LogP contribution in [-0.2, 0) is 9.59 Å². The summed E-state index contributed by atoms with van der Waals surface area (Å²) in [5, 5.41) is 6.23. The van der Waals surface area contributed by atoms with E-state index in [4.69, 9.17) is 11.6 Å². The van der Waals surface area contributed by atoms with E-state index in [1.165, 1.54) is 9.80 Å². The third-order valence-corrected chi connectivity index (χ3v) is 5.07. The number of nitrogens with zero attached hydrogens (tertiary/aromatic N) is 2. The Balaban J connectivity index is 1.89. The minimum atomic E-state index is -0.617. The number of rotatable bonds is 7. The van der Waals surface area contributed by atoms with Gasteiger partial charge in [-0.1, -0.05) is 43.7 Å². The van der Waals surface area contributed by atoms with Gasteiger partial charge in [0, 0.05) is 18.1 Å². The van der Waals surface area contributed by atoms with E-state index in [2.05, 4.69) is 17.2 Å². The Kier molecular flexibility index (Phi) is 6.27. The molecule has 154 valence electrons. The highest BCUT2D eigenvalue weighted by molar-refractivity contribution is 6.30. The van der Waals surface area contributed by atoms with E-state index in [-0.39, 0.29) is 37.5 Å². The maximum atomic E-state index is 13.2. The topological polar surface area (TPSA) is 81.8 Å². The number of urea groups is 1. The monoisotopic (exact) mass is 416 g/mol. The molecular weight excluding hydrogens is 392 g/mol. The predicted molar refractivity (Wildman–Crippen MR) is 111 cm³/mol. The van der Waals surface area contributed by atoms with Gasteiger partial charge in [-0.2, -0.15) is 0 Å². The summed E-state index contributed by atoms with van der Waals surface area (Å²) in [6.45, 7) is 8.65. The minimum absolute atomic E-state index is 0.0586. The summed E-state index contributed by atoms with van der Waals surface area (Å²) in [6.07, 6.45) is 1.60. The van der Waals surface area contributed by atoms with Gasteiger partial charge in [0.2, 0.25) is 5.91 Å². The van der Waals surface area contributed by atoms with Gasteiger partial charge < -0.3 is 15.5 Å². The van der Waals surface area contributed by atoms with E-state index >= 15 is 0 Å². The van der Waals surface area contributed by atoms with E-state index in [1.54, 1.807) is 24.3 Å². The van der Waals surface area contributed by atoms with Crippen LogP contribution < -0.4 is 10.6 Å². The van der Waals surface area contributed by atoms with Crippen molar-refractivity contribution in [2.45, 2.75) is 19.9 Å². The molecule has 1 aromatic carbocycles. The van der Waals surface area contributed by atoms with E-state index in [9.17, 15) is 14.4 Å². The lowest BCUT2D eigenvalue weighted by atomic mass is 9.95. The first-order valence-electron chi connectivity index (χ1n) is 9.55. The summed E-state index contributed by atoms with van der Waals surface area (Å²) < 4.78 is 0. The molecule has 8 heteroatoms. The zero-order valence-corrected chi connectivity index (χ0v) is 17.3. The molecule has 0 radical (unpaired) electrons. The zero-order chi connectivity index (χ0) is 21.1. The molecular formula is C21H25ClN4O3. The number of carbonyl (C=O) groups is 3. The smallest absolute Gasteiger partial charge is 0.322 e. The summed E-state index contributed by atoms with van der Waals surface area (Å²) >= 11 is 6.12. The van der Waals surface area contributed by atoms with Crippen LogP contribution in [0, 0.1) is 5.92 Å². The van der Waals surface area contributed by atoms with Crippen LogP contribution in [0.4, 0.5) is 4.79 Å². The molecule has 1 atom stereocenters. The Morgan fingerprint density at radius 1 is 1.41 bits per heavy atom.